The lowest BCUT2D eigenvalue weighted by molar-refractivity contribution is 0.492. The van der Waals surface area contributed by atoms with Crippen LogP contribution in [0.15, 0.2) is 12.2 Å². The first-order valence-corrected chi connectivity index (χ1v) is 5.85. The third-order valence-corrected chi connectivity index (χ3v) is 2.27. The summed E-state index contributed by atoms with van der Waals surface area (Å²) in [4.78, 5) is 0. The van der Waals surface area contributed by atoms with Crippen LogP contribution in [0.4, 0.5) is 0 Å². The number of nitrogens with one attached hydrogen (secondary N) is 1. The van der Waals surface area contributed by atoms with E-state index in [0.29, 0.717) is 12.1 Å². The molecule has 1 nitrogen and oxygen atoms in total. The van der Waals surface area contributed by atoms with E-state index in [1.165, 1.54) is 11.3 Å². The Bertz CT molecular complexity index is 132. The Balaban J connectivity index is 3.77. The Morgan fingerprint density at radius 2 is 2.08 bits per heavy atom. The van der Waals surface area contributed by atoms with Gasteiger partial charge in [-0.15, -0.1) is 6.58 Å². The largest absolute Gasteiger partial charge is 0.311 e. The van der Waals surface area contributed by atoms with Crippen LogP contribution >= 0.6 is 11.8 Å². The summed E-state index contributed by atoms with van der Waals surface area (Å²) in [6, 6.07) is 1.17. The fourth-order valence-electron chi connectivity index (χ4n) is 1.26. The average Bonchev–Trinajstić information content (AvgIpc) is 1.84. The monoisotopic (exact) mass is 187 g/mol. The van der Waals surface area contributed by atoms with Crippen molar-refractivity contribution in [2.24, 2.45) is 0 Å². The van der Waals surface area contributed by atoms with Gasteiger partial charge in [-0.1, -0.05) is 19.4 Å². The molecule has 1 unspecified atom stereocenters. The first-order valence-electron chi connectivity index (χ1n) is 4.45. The van der Waals surface area contributed by atoms with Gasteiger partial charge in [0, 0.05) is 17.8 Å². The molecule has 0 aliphatic carbocycles. The van der Waals surface area contributed by atoms with Gasteiger partial charge in [0.1, 0.15) is 0 Å². The lowest BCUT2D eigenvalue weighted by atomic mass is 10.1. The van der Waals surface area contributed by atoms with E-state index < -0.39 is 0 Å². The highest BCUT2D eigenvalue weighted by Crippen LogP contribution is 2.07. The van der Waals surface area contributed by atoms with Gasteiger partial charge < -0.3 is 5.32 Å². The lowest BCUT2D eigenvalue weighted by Crippen LogP contribution is -2.36. The van der Waals surface area contributed by atoms with Crippen molar-refractivity contribution in [2.75, 3.05) is 12.0 Å². The number of hydrogen-bond donors (Lipinski definition) is 1. The molecule has 0 bridgehead atoms. The summed E-state index contributed by atoms with van der Waals surface area (Å²) in [6.07, 6.45) is 3.24. The molecule has 0 aromatic heterocycles. The minimum Gasteiger partial charge on any atom is -0.311 e. The Labute approximate surface area is 81.0 Å². The van der Waals surface area contributed by atoms with Crippen LogP contribution in [-0.2, 0) is 0 Å². The van der Waals surface area contributed by atoms with Crippen molar-refractivity contribution in [2.45, 2.75) is 39.3 Å². The van der Waals surface area contributed by atoms with Gasteiger partial charge >= 0.3 is 0 Å². The molecule has 1 atom stereocenters. The molecule has 0 heterocycles. The second kappa shape index (κ2) is 6.55. The van der Waals surface area contributed by atoms with Crippen molar-refractivity contribution >= 4 is 11.8 Å². The van der Waals surface area contributed by atoms with Gasteiger partial charge in [-0.05, 0) is 19.6 Å². The first kappa shape index (κ1) is 12.0. The molecule has 72 valence electrons. The second-order valence-corrected chi connectivity index (χ2v) is 4.55. The van der Waals surface area contributed by atoms with Crippen LogP contribution in [-0.4, -0.2) is 24.1 Å². The van der Waals surface area contributed by atoms with E-state index in [0.717, 1.165) is 6.42 Å². The van der Waals surface area contributed by atoms with E-state index >= 15 is 0 Å². The van der Waals surface area contributed by atoms with Crippen LogP contribution < -0.4 is 5.32 Å². The minimum atomic E-state index is 0.571. The van der Waals surface area contributed by atoms with Gasteiger partial charge in [-0.3, -0.25) is 0 Å². The van der Waals surface area contributed by atoms with Crippen molar-refractivity contribution in [1.29, 1.82) is 0 Å². The lowest BCUT2D eigenvalue weighted by Gasteiger charge is -2.20. The summed E-state index contributed by atoms with van der Waals surface area (Å²) in [7, 11) is 0. The Morgan fingerprint density at radius 3 is 2.42 bits per heavy atom. The number of hydrogen-bond acceptors (Lipinski definition) is 2. The van der Waals surface area contributed by atoms with Gasteiger partial charge in [-0.2, -0.15) is 11.8 Å². The van der Waals surface area contributed by atoms with Crippen LogP contribution in [0.1, 0.15) is 27.2 Å². The predicted octanol–water partition coefficient (Wildman–Crippen LogP) is 2.68. The van der Waals surface area contributed by atoms with Gasteiger partial charge in [0.15, 0.2) is 0 Å². The zero-order chi connectivity index (χ0) is 9.56. The molecular weight excluding hydrogens is 166 g/mol. The topological polar surface area (TPSA) is 12.0 Å². The van der Waals surface area contributed by atoms with E-state index in [-0.39, 0.29) is 0 Å². The fourth-order valence-corrected chi connectivity index (χ4v) is 1.88. The Morgan fingerprint density at radius 1 is 1.50 bits per heavy atom. The van der Waals surface area contributed by atoms with Crippen LogP contribution in [0.2, 0.25) is 0 Å². The molecule has 0 aliphatic heterocycles. The third-order valence-electron chi connectivity index (χ3n) is 1.53. The highest BCUT2D eigenvalue weighted by molar-refractivity contribution is 7.98. The maximum atomic E-state index is 3.94. The minimum absolute atomic E-state index is 0.571. The van der Waals surface area contributed by atoms with Crippen LogP contribution in [0.25, 0.3) is 0 Å². The zero-order valence-electron chi connectivity index (χ0n) is 8.68. The molecule has 0 rings (SSSR count). The summed E-state index contributed by atoms with van der Waals surface area (Å²) in [5, 5.41) is 3.53. The van der Waals surface area contributed by atoms with Crippen LogP contribution in [0, 0.1) is 0 Å². The fraction of sp³-hybridized carbons (Fsp3) is 0.800. The molecule has 1 N–H and O–H groups in total. The van der Waals surface area contributed by atoms with Gasteiger partial charge in [0.05, 0.1) is 0 Å². The quantitative estimate of drug-likeness (QED) is 0.642. The first-order chi connectivity index (χ1) is 5.56. The van der Waals surface area contributed by atoms with Crippen molar-refractivity contribution in [3.63, 3.8) is 0 Å². The molecule has 0 saturated heterocycles. The molecular formula is C10H21NS. The summed E-state index contributed by atoms with van der Waals surface area (Å²) >= 11 is 1.89. The van der Waals surface area contributed by atoms with Crippen molar-refractivity contribution < 1.29 is 0 Å². The molecule has 0 fully saturated rings. The maximum absolute atomic E-state index is 3.94. The van der Waals surface area contributed by atoms with Crippen LogP contribution in [0.3, 0.4) is 0 Å². The Kier molecular flexibility index (Phi) is 6.58. The van der Waals surface area contributed by atoms with E-state index in [9.17, 15) is 0 Å². The van der Waals surface area contributed by atoms with E-state index in [4.69, 9.17) is 0 Å². The van der Waals surface area contributed by atoms with Gasteiger partial charge in [0.25, 0.3) is 0 Å². The maximum Gasteiger partial charge on any atom is 0.0197 e. The Hall–Kier alpha value is 0.0500. The van der Waals surface area contributed by atoms with E-state index in [2.05, 4.69) is 38.9 Å². The van der Waals surface area contributed by atoms with Gasteiger partial charge in [0.2, 0.25) is 0 Å². The average molecular weight is 187 g/mol. The van der Waals surface area contributed by atoms with Crippen molar-refractivity contribution in [3.8, 4) is 0 Å². The summed E-state index contributed by atoms with van der Waals surface area (Å²) in [5.41, 5.74) is 1.27. The van der Waals surface area contributed by atoms with Crippen molar-refractivity contribution in [1.82, 2.24) is 5.32 Å². The van der Waals surface area contributed by atoms with E-state index in [1.807, 2.05) is 11.8 Å². The molecule has 2 heteroatoms. The number of thioether (sulfide) groups is 1. The molecule has 12 heavy (non-hydrogen) atoms. The highest BCUT2D eigenvalue weighted by atomic mass is 32.2. The SMILES string of the molecule is C=C(C)CC(CSC)NC(C)C. The molecule has 0 radical (unpaired) electrons. The molecule has 0 saturated carbocycles. The third kappa shape index (κ3) is 6.74. The normalized spacial score (nSPS) is 13.4. The summed E-state index contributed by atoms with van der Waals surface area (Å²) in [6.45, 7) is 10.4. The number of rotatable bonds is 6. The molecule has 0 spiro atoms. The zero-order valence-corrected chi connectivity index (χ0v) is 9.50. The summed E-state index contributed by atoms with van der Waals surface area (Å²) in [5.74, 6) is 1.17. The molecule has 0 aromatic carbocycles. The molecule has 0 aliphatic rings. The smallest absolute Gasteiger partial charge is 0.0197 e. The highest BCUT2D eigenvalue weighted by Gasteiger charge is 2.08. The molecule has 0 aromatic rings. The van der Waals surface area contributed by atoms with Gasteiger partial charge in [-0.25, -0.2) is 0 Å². The summed E-state index contributed by atoms with van der Waals surface area (Å²) < 4.78 is 0. The standard InChI is InChI=1S/C10H21NS/c1-8(2)6-10(7-12-5)11-9(3)4/h9-11H,1,6-7H2,2-5H3. The second-order valence-electron chi connectivity index (χ2n) is 3.63. The molecule has 0 amide bonds. The predicted molar refractivity (Wildman–Crippen MR) is 59.9 cm³/mol. The van der Waals surface area contributed by atoms with Crippen LogP contribution in [0.5, 0.6) is 0 Å². The van der Waals surface area contributed by atoms with Crippen molar-refractivity contribution in [3.05, 3.63) is 12.2 Å². The van der Waals surface area contributed by atoms with E-state index in [1.54, 1.807) is 0 Å².